The minimum atomic E-state index is -0.385. The van der Waals surface area contributed by atoms with Crippen molar-refractivity contribution in [2.24, 2.45) is 0 Å². The second-order valence-electron chi connectivity index (χ2n) is 3.75. The van der Waals surface area contributed by atoms with E-state index in [-0.39, 0.29) is 12.4 Å². The second kappa shape index (κ2) is 6.18. The fourth-order valence-corrected chi connectivity index (χ4v) is 2.79. The van der Waals surface area contributed by atoms with E-state index in [1.54, 1.807) is 0 Å². The highest BCUT2D eigenvalue weighted by molar-refractivity contribution is 9.11. The molecule has 0 amide bonds. The van der Waals surface area contributed by atoms with Crippen LogP contribution in [0.4, 0.5) is 4.39 Å². The summed E-state index contributed by atoms with van der Waals surface area (Å²) in [5.74, 6) is 0.236. The van der Waals surface area contributed by atoms with Gasteiger partial charge in [0.1, 0.15) is 18.2 Å². The van der Waals surface area contributed by atoms with Crippen molar-refractivity contribution in [3.8, 4) is 11.8 Å². The van der Waals surface area contributed by atoms with Gasteiger partial charge in [0.05, 0.1) is 20.6 Å². The first-order valence-electron chi connectivity index (χ1n) is 5.37. The summed E-state index contributed by atoms with van der Waals surface area (Å²) in [4.78, 5) is 0. The molecular weight excluding hydrogens is 377 g/mol. The molecule has 0 bridgehead atoms. The van der Waals surface area contributed by atoms with Crippen molar-refractivity contribution in [1.82, 2.24) is 0 Å². The molecule has 19 heavy (non-hydrogen) atoms. The lowest BCUT2D eigenvalue weighted by molar-refractivity contribution is 0.301. The number of nitriles is 1. The number of para-hydroxylation sites is 1. The van der Waals surface area contributed by atoms with Gasteiger partial charge in [0.25, 0.3) is 0 Å². The normalized spacial score (nSPS) is 10.0. The zero-order valence-electron chi connectivity index (χ0n) is 9.66. The van der Waals surface area contributed by atoms with Crippen LogP contribution in [0.5, 0.6) is 5.75 Å². The van der Waals surface area contributed by atoms with Crippen LogP contribution in [0.15, 0.2) is 45.3 Å². The second-order valence-corrected chi connectivity index (χ2v) is 5.46. The molecule has 0 aromatic heterocycles. The molecule has 0 fully saturated rings. The molecule has 0 spiro atoms. The Kier molecular flexibility index (Phi) is 4.56. The van der Waals surface area contributed by atoms with Crippen LogP contribution in [-0.4, -0.2) is 0 Å². The maximum absolute atomic E-state index is 13.2. The van der Waals surface area contributed by atoms with Gasteiger partial charge in [-0.1, -0.05) is 6.07 Å². The van der Waals surface area contributed by atoms with Crippen LogP contribution in [0.3, 0.4) is 0 Å². The Morgan fingerprint density at radius 3 is 2.47 bits per heavy atom. The van der Waals surface area contributed by atoms with Crippen molar-refractivity contribution in [1.29, 1.82) is 5.26 Å². The smallest absolute Gasteiger partial charge is 0.148 e. The third-order valence-electron chi connectivity index (χ3n) is 2.48. The highest BCUT2D eigenvalue weighted by Gasteiger charge is 2.09. The molecule has 2 nitrogen and oxygen atoms in total. The lowest BCUT2D eigenvalue weighted by atomic mass is 10.1. The van der Waals surface area contributed by atoms with Gasteiger partial charge in [-0.15, -0.1) is 0 Å². The number of rotatable bonds is 3. The fourth-order valence-electron chi connectivity index (χ4n) is 1.56. The highest BCUT2D eigenvalue weighted by atomic mass is 79.9. The third-order valence-corrected chi connectivity index (χ3v) is 3.73. The predicted molar refractivity (Wildman–Crippen MR) is 77.3 cm³/mol. The van der Waals surface area contributed by atoms with Gasteiger partial charge >= 0.3 is 0 Å². The van der Waals surface area contributed by atoms with Crippen LogP contribution < -0.4 is 4.74 Å². The third kappa shape index (κ3) is 3.34. The summed E-state index contributed by atoms with van der Waals surface area (Å²) < 4.78 is 20.4. The number of hydrogen-bond acceptors (Lipinski definition) is 2. The quantitative estimate of drug-likeness (QED) is 0.761. The fraction of sp³-hybridized carbons (Fsp3) is 0.0714. The Labute approximate surface area is 127 Å². The molecule has 0 heterocycles. The lowest BCUT2D eigenvalue weighted by Crippen LogP contribution is -2.00. The molecule has 0 N–H and O–H groups in total. The first-order valence-corrected chi connectivity index (χ1v) is 6.95. The molecule has 0 aliphatic heterocycles. The van der Waals surface area contributed by atoms with E-state index in [1.807, 2.05) is 24.3 Å². The molecule has 96 valence electrons. The van der Waals surface area contributed by atoms with Gasteiger partial charge in [-0.2, -0.15) is 5.26 Å². The van der Waals surface area contributed by atoms with E-state index in [0.29, 0.717) is 16.9 Å². The van der Waals surface area contributed by atoms with Crippen molar-refractivity contribution in [3.63, 3.8) is 0 Å². The van der Waals surface area contributed by atoms with Gasteiger partial charge < -0.3 is 4.74 Å². The van der Waals surface area contributed by atoms with E-state index in [9.17, 15) is 4.39 Å². The van der Waals surface area contributed by atoms with Crippen LogP contribution in [-0.2, 0) is 6.61 Å². The van der Waals surface area contributed by atoms with Crippen molar-refractivity contribution in [2.45, 2.75) is 6.61 Å². The Morgan fingerprint density at radius 2 is 1.84 bits per heavy atom. The van der Waals surface area contributed by atoms with E-state index in [0.717, 1.165) is 8.95 Å². The van der Waals surface area contributed by atoms with Crippen LogP contribution in [0.25, 0.3) is 0 Å². The molecule has 2 rings (SSSR count). The minimum Gasteiger partial charge on any atom is -0.486 e. The summed E-state index contributed by atoms with van der Waals surface area (Å²) in [6.45, 7) is 0.127. The average Bonchev–Trinajstić information content (AvgIpc) is 2.38. The molecule has 2 aromatic carbocycles. The molecule has 0 radical (unpaired) electrons. The van der Waals surface area contributed by atoms with Crippen LogP contribution in [0, 0.1) is 17.1 Å². The topological polar surface area (TPSA) is 33.0 Å². The van der Waals surface area contributed by atoms with Crippen molar-refractivity contribution in [3.05, 3.63) is 62.3 Å². The van der Waals surface area contributed by atoms with Crippen molar-refractivity contribution >= 4 is 31.9 Å². The number of nitrogens with zero attached hydrogens (tertiary/aromatic N) is 1. The van der Waals surface area contributed by atoms with Crippen LogP contribution >= 0.6 is 31.9 Å². The van der Waals surface area contributed by atoms with Gasteiger partial charge in [0, 0.05) is 5.56 Å². The summed E-state index contributed by atoms with van der Waals surface area (Å²) >= 11 is 6.75. The maximum atomic E-state index is 13.2. The number of halogens is 3. The largest absolute Gasteiger partial charge is 0.486 e. The molecular formula is C14H8Br2FNO. The molecule has 2 aromatic rings. The first kappa shape index (κ1) is 14.0. The summed E-state index contributed by atoms with van der Waals surface area (Å²) in [7, 11) is 0. The zero-order valence-corrected chi connectivity index (χ0v) is 12.8. The molecule has 0 saturated carbocycles. The monoisotopic (exact) mass is 383 g/mol. The van der Waals surface area contributed by atoms with Gasteiger partial charge in [-0.25, -0.2) is 4.39 Å². The van der Waals surface area contributed by atoms with Gasteiger partial charge in [0.2, 0.25) is 0 Å². The maximum Gasteiger partial charge on any atom is 0.148 e. The number of benzene rings is 2. The van der Waals surface area contributed by atoms with Crippen molar-refractivity contribution in [2.75, 3.05) is 0 Å². The Balaban J connectivity index is 2.24. The Hall–Kier alpha value is -1.38. The van der Waals surface area contributed by atoms with E-state index in [1.165, 1.54) is 18.2 Å². The molecule has 0 unspecified atom stereocenters. The van der Waals surface area contributed by atoms with Crippen LogP contribution in [0.2, 0.25) is 0 Å². The lowest BCUT2D eigenvalue weighted by Gasteiger charge is -2.11. The van der Waals surface area contributed by atoms with E-state index >= 15 is 0 Å². The summed E-state index contributed by atoms with van der Waals surface area (Å²) in [6.07, 6.45) is 0. The molecule has 0 aliphatic carbocycles. The molecule has 5 heteroatoms. The first-order chi connectivity index (χ1) is 9.11. The summed E-state index contributed by atoms with van der Waals surface area (Å²) in [5, 5.41) is 8.97. The zero-order chi connectivity index (χ0) is 13.8. The predicted octanol–water partition coefficient (Wildman–Crippen LogP) is 4.80. The number of ether oxygens (including phenoxy) is 1. The van der Waals surface area contributed by atoms with E-state index in [2.05, 4.69) is 31.9 Å². The van der Waals surface area contributed by atoms with Gasteiger partial charge in [0.15, 0.2) is 0 Å². The van der Waals surface area contributed by atoms with E-state index < -0.39 is 0 Å². The SMILES string of the molecule is N#Cc1ccc(F)cc1COc1c(Br)cccc1Br. The minimum absolute atomic E-state index is 0.127. The average molecular weight is 385 g/mol. The van der Waals surface area contributed by atoms with E-state index in [4.69, 9.17) is 10.00 Å². The highest BCUT2D eigenvalue weighted by Crippen LogP contribution is 2.33. The standard InChI is InChI=1S/C14H8Br2FNO/c15-12-2-1-3-13(16)14(12)19-8-10-6-11(17)5-4-9(10)7-18/h1-6H,8H2. The summed E-state index contributed by atoms with van der Waals surface area (Å²) in [5.41, 5.74) is 0.926. The van der Waals surface area contributed by atoms with Crippen LogP contribution in [0.1, 0.15) is 11.1 Å². The van der Waals surface area contributed by atoms with Gasteiger partial charge in [-0.05, 0) is 62.2 Å². The van der Waals surface area contributed by atoms with Crippen molar-refractivity contribution < 1.29 is 9.13 Å². The number of hydrogen-bond donors (Lipinski definition) is 0. The Morgan fingerprint density at radius 1 is 1.16 bits per heavy atom. The molecule has 0 saturated heterocycles. The molecule has 0 aliphatic rings. The van der Waals surface area contributed by atoms with Gasteiger partial charge in [-0.3, -0.25) is 0 Å². The molecule has 0 atom stereocenters. The summed E-state index contributed by atoms with van der Waals surface area (Å²) in [6, 6.07) is 11.6. The Bertz CT molecular complexity index is 632.